The summed E-state index contributed by atoms with van der Waals surface area (Å²) in [6.07, 6.45) is 25.6. The van der Waals surface area contributed by atoms with E-state index in [1.807, 2.05) is 0 Å². The van der Waals surface area contributed by atoms with Gasteiger partial charge in [-0.15, -0.1) is 0 Å². The monoisotopic (exact) mass is 708 g/mol. The molecule has 50 heavy (non-hydrogen) atoms. The number of aliphatic carboxylic acids is 1. The highest BCUT2D eigenvalue weighted by Gasteiger charge is 2.78. The fourth-order valence-corrected chi connectivity index (χ4v) is 9.49. The highest BCUT2D eigenvalue weighted by molar-refractivity contribution is 5.75. The highest BCUT2D eigenvalue weighted by Crippen LogP contribution is 2.60. The normalized spacial score (nSPS) is 30.9. The Morgan fingerprint density at radius 1 is 0.540 bits per heavy atom. The molecule has 3 aliphatic heterocycles. The van der Waals surface area contributed by atoms with Gasteiger partial charge in [0.1, 0.15) is 6.10 Å². The fourth-order valence-electron chi connectivity index (χ4n) is 9.49. The van der Waals surface area contributed by atoms with Gasteiger partial charge in [-0.1, -0.05) is 157 Å². The molecule has 3 fully saturated rings. The van der Waals surface area contributed by atoms with Gasteiger partial charge in [-0.3, -0.25) is 14.7 Å². The van der Waals surface area contributed by atoms with Crippen molar-refractivity contribution >= 4 is 5.97 Å². The summed E-state index contributed by atoms with van der Waals surface area (Å²) in [5, 5.41) is 31.8. The number of carboxylic acids is 1. The highest BCUT2D eigenvalue weighted by atomic mass is 16.5. The summed E-state index contributed by atoms with van der Waals surface area (Å²) in [5.74, 6) is -1.82. The van der Waals surface area contributed by atoms with Crippen LogP contribution in [0.4, 0.5) is 0 Å². The van der Waals surface area contributed by atoms with Crippen molar-refractivity contribution in [2.75, 3.05) is 13.2 Å². The van der Waals surface area contributed by atoms with Crippen molar-refractivity contribution < 1.29 is 24.9 Å². The number of unbranched alkanes of at least 4 members (excludes halogenated alkanes) is 12. The van der Waals surface area contributed by atoms with Crippen molar-refractivity contribution in [2.24, 2.45) is 0 Å². The van der Waals surface area contributed by atoms with Gasteiger partial charge in [0, 0.05) is 36.3 Å². The molecular weight excluding hydrogens is 626 g/mol. The number of ether oxygens (including phenoxy) is 1. The Hall–Kier alpha value is -0.770. The number of carbonyl (C=O) groups is 1. The third-order valence-corrected chi connectivity index (χ3v) is 12.2. The summed E-state index contributed by atoms with van der Waals surface area (Å²) in [6, 6.07) is 2.04. The van der Waals surface area contributed by atoms with Gasteiger partial charge in [0.05, 0.1) is 13.2 Å². The largest absolute Gasteiger partial charge is 0.479 e. The van der Waals surface area contributed by atoms with Gasteiger partial charge in [-0.05, 0) is 38.5 Å². The van der Waals surface area contributed by atoms with E-state index >= 15 is 0 Å². The minimum atomic E-state index is -1.14. The number of hydrogen-bond donors (Lipinski definition) is 3. The molecule has 0 bridgehead atoms. The number of rotatable bonds is 33. The van der Waals surface area contributed by atoms with E-state index in [1.165, 1.54) is 116 Å². The molecule has 0 amide bonds. The summed E-state index contributed by atoms with van der Waals surface area (Å²) >= 11 is 0. The molecule has 294 valence electrons. The van der Waals surface area contributed by atoms with Crippen LogP contribution in [0.5, 0.6) is 0 Å². The van der Waals surface area contributed by atoms with Gasteiger partial charge < -0.3 is 20.1 Å². The Morgan fingerprint density at radius 3 is 1.00 bits per heavy atom. The molecular formula is C42H81N3O5. The van der Waals surface area contributed by atoms with Crippen molar-refractivity contribution in [1.82, 2.24) is 14.7 Å². The van der Waals surface area contributed by atoms with Crippen LogP contribution in [-0.4, -0.2) is 103 Å². The van der Waals surface area contributed by atoms with Gasteiger partial charge in [-0.2, -0.15) is 0 Å². The van der Waals surface area contributed by atoms with Crippen LogP contribution in [-0.2, 0) is 9.53 Å². The van der Waals surface area contributed by atoms with Gasteiger partial charge in [0.25, 0.3) is 0 Å². The number of aliphatic hydroxyl groups is 2. The summed E-state index contributed by atoms with van der Waals surface area (Å²) in [4.78, 5) is 21.9. The van der Waals surface area contributed by atoms with E-state index < -0.39 is 30.6 Å². The van der Waals surface area contributed by atoms with Crippen molar-refractivity contribution in [2.45, 2.75) is 250 Å². The fraction of sp³-hybridized carbons (Fsp3) is 0.976. The number of hydrogen-bond acceptors (Lipinski definition) is 7. The second-order valence-corrected chi connectivity index (χ2v) is 16.2. The van der Waals surface area contributed by atoms with Gasteiger partial charge >= 0.3 is 5.97 Å². The molecule has 8 nitrogen and oxygen atoms in total. The van der Waals surface area contributed by atoms with Crippen LogP contribution >= 0.6 is 0 Å². The first kappa shape index (κ1) is 43.6. The zero-order valence-corrected chi connectivity index (χ0v) is 33.5. The number of nitrogens with zero attached hydrogens (tertiary/aromatic N) is 3. The topological polar surface area (TPSA) is 96.0 Å². The smallest absolute Gasteiger partial charge is 0.337 e. The van der Waals surface area contributed by atoms with Crippen LogP contribution in [0.1, 0.15) is 196 Å². The zero-order valence-electron chi connectivity index (χ0n) is 33.5. The number of aliphatic hydroxyl groups excluding tert-OH is 2. The van der Waals surface area contributed by atoms with Crippen molar-refractivity contribution in [1.29, 1.82) is 0 Å². The lowest BCUT2D eigenvalue weighted by molar-refractivity contribution is -0.196. The first-order chi connectivity index (χ1) is 24.3. The Balaban J connectivity index is 2.23. The van der Waals surface area contributed by atoms with Crippen LogP contribution in [0, 0.1) is 0 Å². The van der Waals surface area contributed by atoms with E-state index in [9.17, 15) is 20.1 Å². The lowest BCUT2D eigenvalue weighted by Gasteiger charge is -2.45. The molecule has 3 saturated heterocycles. The maximum atomic E-state index is 13.9. The summed E-state index contributed by atoms with van der Waals surface area (Å²) in [5.41, 5.74) is 0. The molecule has 3 rings (SSSR count). The lowest BCUT2D eigenvalue weighted by Crippen LogP contribution is -2.67. The first-order valence-electron chi connectivity index (χ1n) is 21.8. The standard InChI is InChI=1S/C42H81N3O5/c1-7-13-19-25-34-35(26-20-14-8-2)43(34)42(40(41(48)49)50-32-33(47)31-46,44-36(27-21-15-9-3)37(44)28-22-16-10-4)45-38(29-23-17-11-5)39(45)30-24-18-12-6/h33-40,46-47H,7-32H2,1-6H3,(H,48,49). The van der Waals surface area contributed by atoms with Crippen LogP contribution < -0.4 is 0 Å². The molecule has 0 aliphatic carbocycles. The molecule has 0 aromatic carbocycles. The second kappa shape index (κ2) is 23.1. The molecule has 3 aliphatic rings. The molecule has 0 aromatic rings. The zero-order chi connectivity index (χ0) is 36.5. The van der Waals surface area contributed by atoms with E-state index in [2.05, 4.69) is 56.2 Å². The summed E-state index contributed by atoms with van der Waals surface area (Å²) < 4.78 is 6.53. The van der Waals surface area contributed by atoms with Gasteiger partial charge in [0.2, 0.25) is 6.10 Å². The molecule has 0 aromatic heterocycles. The predicted octanol–water partition coefficient (Wildman–Crippen LogP) is 9.10. The van der Waals surface area contributed by atoms with Crippen LogP contribution in [0.2, 0.25) is 0 Å². The summed E-state index contributed by atoms with van der Waals surface area (Å²) in [7, 11) is 0. The minimum absolute atomic E-state index is 0.173. The molecule has 3 heterocycles. The van der Waals surface area contributed by atoms with Crippen LogP contribution in [0.3, 0.4) is 0 Å². The third kappa shape index (κ3) is 11.4. The van der Waals surface area contributed by atoms with Gasteiger partial charge in [0.15, 0.2) is 5.79 Å². The van der Waals surface area contributed by atoms with Crippen molar-refractivity contribution in [3.63, 3.8) is 0 Å². The van der Waals surface area contributed by atoms with E-state index in [1.54, 1.807) is 0 Å². The van der Waals surface area contributed by atoms with Crippen molar-refractivity contribution in [3.8, 4) is 0 Å². The molecule has 8 atom stereocenters. The molecule has 0 radical (unpaired) electrons. The molecule has 0 saturated carbocycles. The molecule has 0 spiro atoms. The van der Waals surface area contributed by atoms with E-state index in [0.29, 0.717) is 36.3 Å². The first-order valence-corrected chi connectivity index (χ1v) is 21.8. The molecule has 8 heteroatoms. The maximum Gasteiger partial charge on any atom is 0.337 e. The van der Waals surface area contributed by atoms with Gasteiger partial charge in [-0.25, -0.2) is 4.79 Å². The lowest BCUT2D eigenvalue weighted by atomic mass is 10.1. The SMILES string of the molecule is CCCCCC1C(CCCCC)N1C(C(OCC(O)CO)C(=O)O)(N1C(CCCCC)C1CCCCC)N1C(CCCCC)C1CCCCC. The number of carboxylic acid groups (broad SMARTS) is 1. The average molecular weight is 708 g/mol. The van der Waals surface area contributed by atoms with E-state index in [0.717, 1.165) is 38.5 Å². The predicted molar refractivity (Wildman–Crippen MR) is 206 cm³/mol. The van der Waals surface area contributed by atoms with Crippen LogP contribution in [0.15, 0.2) is 0 Å². The Kier molecular flexibility index (Phi) is 20.2. The van der Waals surface area contributed by atoms with E-state index in [-0.39, 0.29) is 6.61 Å². The molecule has 8 unspecified atom stereocenters. The van der Waals surface area contributed by atoms with Crippen molar-refractivity contribution in [3.05, 3.63) is 0 Å². The molecule has 3 N–H and O–H groups in total. The quantitative estimate of drug-likeness (QED) is 0.0459. The third-order valence-electron chi connectivity index (χ3n) is 12.2. The Morgan fingerprint density at radius 2 is 0.800 bits per heavy atom. The maximum absolute atomic E-state index is 13.9. The van der Waals surface area contributed by atoms with Crippen LogP contribution in [0.25, 0.3) is 0 Å². The second-order valence-electron chi connectivity index (χ2n) is 16.2. The average Bonchev–Trinajstić information content (AvgIpc) is 4.06. The Labute approximate surface area is 308 Å². The summed E-state index contributed by atoms with van der Waals surface area (Å²) in [6.45, 7) is 13.0. The minimum Gasteiger partial charge on any atom is -0.479 e. The Bertz CT molecular complexity index is 785. The van der Waals surface area contributed by atoms with E-state index in [4.69, 9.17) is 4.74 Å².